The first-order valence-corrected chi connectivity index (χ1v) is 12.1. The summed E-state index contributed by atoms with van der Waals surface area (Å²) in [6, 6.07) is 10.9. The van der Waals surface area contributed by atoms with Gasteiger partial charge in [-0.15, -0.1) is 0 Å². The van der Waals surface area contributed by atoms with Crippen LogP contribution in [0.1, 0.15) is 68.7 Å². The first kappa shape index (κ1) is 23.6. The molecule has 0 spiro atoms. The molecule has 2 aromatic heterocycles. The Kier molecular flexibility index (Phi) is 4.70. The zero-order valence-corrected chi connectivity index (χ0v) is 20.3. The number of benzene rings is 1. The number of amides is 1. The van der Waals surface area contributed by atoms with Crippen LogP contribution in [0.25, 0.3) is 11.3 Å². The van der Waals surface area contributed by atoms with E-state index < -0.39 is 22.9 Å². The lowest BCUT2D eigenvalue weighted by Crippen LogP contribution is -2.70. The standard InChI is InChI=1S/C26H25F3N6O2/c1-14(22(36)32-19-9-18(34-37-19)24-11-25(12-24,13-24)26(27,28)29)15-3-5-16(6-4-15)20-17(10-30)21(31)35(33-20)23(2)7-8-23/h3-6,9,14H,7-8,11-13,31H2,1-2H3,(H,32,36). The Morgan fingerprint density at radius 2 is 1.89 bits per heavy atom. The van der Waals surface area contributed by atoms with E-state index in [1.807, 2.05) is 0 Å². The van der Waals surface area contributed by atoms with Crippen molar-refractivity contribution in [2.24, 2.45) is 5.41 Å². The van der Waals surface area contributed by atoms with Crippen molar-refractivity contribution in [3.8, 4) is 17.3 Å². The summed E-state index contributed by atoms with van der Waals surface area (Å²) in [5.41, 5.74) is 6.61. The zero-order valence-electron chi connectivity index (χ0n) is 20.3. The highest BCUT2D eigenvalue weighted by Crippen LogP contribution is 2.78. The Labute approximate surface area is 210 Å². The molecule has 2 bridgehead atoms. The maximum Gasteiger partial charge on any atom is 0.394 e. The maximum atomic E-state index is 13.1. The lowest BCUT2D eigenvalue weighted by atomic mass is 9.34. The molecule has 0 radical (unpaired) electrons. The molecule has 4 saturated carbocycles. The highest BCUT2D eigenvalue weighted by atomic mass is 19.4. The molecule has 37 heavy (non-hydrogen) atoms. The number of alkyl halides is 3. The third-order valence-corrected chi connectivity index (χ3v) is 8.53. The number of anilines is 2. The second kappa shape index (κ2) is 7.37. The fourth-order valence-corrected chi connectivity index (χ4v) is 5.80. The van der Waals surface area contributed by atoms with E-state index >= 15 is 0 Å². The van der Waals surface area contributed by atoms with Gasteiger partial charge in [0.25, 0.3) is 0 Å². The number of hydrogen-bond donors (Lipinski definition) is 2. The SMILES string of the molecule is CC(C(=O)Nc1cc(C23CC(C(F)(F)F)(C2)C3)no1)c1ccc(-c2nn(C3(C)CC3)c(N)c2C#N)cc1. The van der Waals surface area contributed by atoms with E-state index in [0.717, 1.165) is 24.0 Å². The molecule has 0 aliphatic heterocycles. The number of nitriles is 1. The molecule has 192 valence electrons. The number of nitrogens with two attached hydrogens (primary N) is 1. The Bertz CT molecular complexity index is 1440. The quantitative estimate of drug-likeness (QED) is 0.468. The number of carbonyl (C=O) groups is 1. The molecule has 4 aliphatic rings. The Hall–Kier alpha value is -3.81. The first-order chi connectivity index (χ1) is 17.4. The minimum Gasteiger partial charge on any atom is -0.383 e. The molecule has 7 rings (SSSR count). The fraction of sp³-hybridized carbons (Fsp3) is 0.462. The lowest BCUT2D eigenvalue weighted by Gasteiger charge is -2.69. The summed E-state index contributed by atoms with van der Waals surface area (Å²) in [6.45, 7) is 3.78. The van der Waals surface area contributed by atoms with E-state index in [1.165, 1.54) is 6.07 Å². The predicted molar refractivity (Wildman–Crippen MR) is 127 cm³/mol. The Morgan fingerprint density at radius 3 is 2.46 bits per heavy atom. The van der Waals surface area contributed by atoms with Gasteiger partial charge in [0.15, 0.2) is 0 Å². The minimum atomic E-state index is -4.20. The van der Waals surface area contributed by atoms with Crippen LogP contribution < -0.4 is 11.1 Å². The van der Waals surface area contributed by atoms with Gasteiger partial charge in [-0.05, 0) is 51.5 Å². The molecule has 1 amide bonds. The second-order valence-electron chi connectivity index (χ2n) is 11.1. The van der Waals surface area contributed by atoms with E-state index in [9.17, 15) is 23.2 Å². The molecular formula is C26H25F3N6O2. The normalized spacial score (nSPS) is 25.9. The highest BCUT2D eigenvalue weighted by molar-refractivity contribution is 5.94. The van der Waals surface area contributed by atoms with Gasteiger partial charge in [-0.25, -0.2) is 4.68 Å². The number of nitrogens with one attached hydrogen (secondary N) is 1. The summed E-state index contributed by atoms with van der Waals surface area (Å²) >= 11 is 0. The van der Waals surface area contributed by atoms with Crippen LogP contribution >= 0.6 is 0 Å². The van der Waals surface area contributed by atoms with Crippen molar-refractivity contribution < 1.29 is 22.5 Å². The Balaban J connectivity index is 1.13. The van der Waals surface area contributed by atoms with Crippen LogP contribution in [-0.2, 0) is 15.7 Å². The van der Waals surface area contributed by atoms with Crippen LogP contribution in [0.4, 0.5) is 24.9 Å². The summed E-state index contributed by atoms with van der Waals surface area (Å²) in [5.74, 6) is -0.419. The van der Waals surface area contributed by atoms with Crippen molar-refractivity contribution in [2.75, 3.05) is 11.1 Å². The lowest BCUT2D eigenvalue weighted by molar-refractivity contribution is -0.338. The van der Waals surface area contributed by atoms with Gasteiger partial charge >= 0.3 is 6.18 Å². The van der Waals surface area contributed by atoms with E-state index in [4.69, 9.17) is 10.3 Å². The minimum absolute atomic E-state index is 0.0167. The van der Waals surface area contributed by atoms with Gasteiger partial charge in [0.05, 0.1) is 22.6 Å². The molecule has 1 atom stereocenters. The molecule has 1 aromatic carbocycles. The molecule has 0 saturated heterocycles. The van der Waals surface area contributed by atoms with Gasteiger partial charge in [-0.1, -0.05) is 29.4 Å². The van der Waals surface area contributed by atoms with Crippen LogP contribution in [0, 0.1) is 16.7 Å². The third kappa shape index (κ3) is 3.38. The average Bonchev–Trinajstić information content (AvgIpc) is 3.21. The molecule has 3 aromatic rings. The van der Waals surface area contributed by atoms with E-state index in [2.05, 4.69) is 28.6 Å². The summed E-state index contributed by atoms with van der Waals surface area (Å²) < 4.78 is 46.4. The molecular weight excluding hydrogens is 485 g/mol. The zero-order chi connectivity index (χ0) is 26.4. The van der Waals surface area contributed by atoms with Gasteiger partial charge in [0, 0.05) is 17.0 Å². The number of aromatic nitrogens is 3. The Morgan fingerprint density at radius 1 is 1.24 bits per heavy atom. The molecule has 2 heterocycles. The average molecular weight is 511 g/mol. The molecule has 3 N–H and O–H groups in total. The van der Waals surface area contributed by atoms with Gasteiger partial charge in [-0.3, -0.25) is 10.1 Å². The number of hydrogen-bond acceptors (Lipinski definition) is 6. The molecule has 4 aliphatic carbocycles. The third-order valence-electron chi connectivity index (χ3n) is 8.53. The van der Waals surface area contributed by atoms with Gasteiger partial charge in [-0.2, -0.15) is 23.5 Å². The summed E-state index contributed by atoms with van der Waals surface area (Å²) in [7, 11) is 0. The van der Waals surface area contributed by atoms with Crippen molar-refractivity contribution in [3.05, 3.63) is 47.2 Å². The smallest absolute Gasteiger partial charge is 0.383 e. The number of carbonyl (C=O) groups excluding carboxylic acids is 1. The topological polar surface area (TPSA) is 123 Å². The van der Waals surface area contributed by atoms with Crippen molar-refractivity contribution in [1.82, 2.24) is 14.9 Å². The molecule has 1 unspecified atom stereocenters. The number of halogens is 3. The van der Waals surface area contributed by atoms with Crippen LogP contribution in [-0.4, -0.2) is 27.0 Å². The summed E-state index contributed by atoms with van der Waals surface area (Å²) in [5, 5.41) is 20.9. The van der Waals surface area contributed by atoms with Crippen LogP contribution in [0.15, 0.2) is 34.9 Å². The number of rotatable bonds is 6. The molecule has 8 nitrogen and oxygen atoms in total. The van der Waals surface area contributed by atoms with E-state index in [-0.39, 0.29) is 36.6 Å². The first-order valence-electron chi connectivity index (χ1n) is 12.1. The largest absolute Gasteiger partial charge is 0.394 e. The highest BCUT2D eigenvalue weighted by Gasteiger charge is 2.79. The van der Waals surface area contributed by atoms with Crippen LogP contribution in [0.3, 0.4) is 0 Å². The van der Waals surface area contributed by atoms with Gasteiger partial charge in [0.1, 0.15) is 23.1 Å². The van der Waals surface area contributed by atoms with Gasteiger partial charge in [0.2, 0.25) is 11.8 Å². The van der Waals surface area contributed by atoms with Crippen molar-refractivity contribution in [3.63, 3.8) is 0 Å². The van der Waals surface area contributed by atoms with Gasteiger partial charge < -0.3 is 10.3 Å². The monoisotopic (exact) mass is 510 g/mol. The van der Waals surface area contributed by atoms with Crippen molar-refractivity contribution in [2.45, 2.75) is 69.0 Å². The van der Waals surface area contributed by atoms with Crippen molar-refractivity contribution in [1.29, 1.82) is 5.26 Å². The van der Waals surface area contributed by atoms with E-state index in [1.54, 1.807) is 35.9 Å². The number of nitrogen functional groups attached to an aromatic ring is 1. The molecule has 4 fully saturated rings. The second-order valence-corrected chi connectivity index (χ2v) is 11.1. The summed E-state index contributed by atoms with van der Waals surface area (Å²) in [4.78, 5) is 12.8. The predicted octanol–water partition coefficient (Wildman–Crippen LogP) is 5.23. The fourth-order valence-electron chi connectivity index (χ4n) is 5.80. The van der Waals surface area contributed by atoms with Crippen LogP contribution in [0.2, 0.25) is 0 Å². The number of nitrogens with zero attached hydrogens (tertiary/aromatic N) is 4. The van der Waals surface area contributed by atoms with E-state index in [0.29, 0.717) is 22.8 Å². The van der Waals surface area contributed by atoms with Crippen LogP contribution in [0.5, 0.6) is 0 Å². The summed E-state index contributed by atoms with van der Waals surface area (Å²) in [6.07, 6.45) is -2.24. The molecule has 11 heteroatoms. The van der Waals surface area contributed by atoms with Crippen molar-refractivity contribution >= 4 is 17.6 Å². The maximum absolute atomic E-state index is 13.1.